The zero-order valence-electron chi connectivity index (χ0n) is 14.7. The molecule has 1 amide bonds. The van der Waals surface area contributed by atoms with Crippen LogP contribution in [-0.2, 0) is 6.42 Å². The minimum absolute atomic E-state index is 0.121. The van der Waals surface area contributed by atoms with Gasteiger partial charge in [0.1, 0.15) is 12.2 Å². The highest BCUT2D eigenvalue weighted by Crippen LogP contribution is 2.22. The molecular weight excluding hydrogens is 330 g/mol. The summed E-state index contributed by atoms with van der Waals surface area (Å²) in [5.41, 5.74) is 1.36. The maximum Gasteiger partial charge on any atom is 0.293 e. The first-order valence-corrected chi connectivity index (χ1v) is 8.83. The molecule has 1 aliphatic heterocycles. The minimum atomic E-state index is -0.121. The molecule has 0 unspecified atom stereocenters. The lowest BCUT2D eigenvalue weighted by atomic mass is 9.90. The van der Waals surface area contributed by atoms with Gasteiger partial charge < -0.3 is 4.90 Å². The third kappa shape index (κ3) is 3.35. The summed E-state index contributed by atoms with van der Waals surface area (Å²) in [6, 6.07) is 10.5. The maximum atomic E-state index is 12.7. The summed E-state index contributed by atoms with van der Waals surface area (Å²) in [5, 5.41) is 10.8. The Morgan fingerprint density at radius 1 is 1.23 bits per heavy atom. The van der Waals surface area contributed by atoms with Crippen molar-refractivity contribution < 1.29 is 4.79 Å². The van der Waals surface area contributed by atoms with Crippen molar-refractivity contribution in [1.29, 1.82) is 0 Å². The Bertz CT molecular complexity index is 864. The highest BCUT2D eigenvalue weighted by atomic mass is 16.2. The van der Waals surface area contributed by atoms with Crippen LogP contribution in [-0.4, -0.2) is 53.8 Å². The molecule has 26 heavy (non-hydrogen) atoms. The van der Waals surface area contributed by atoms with E-state index in [-0.39, 0.29) is 11.7 Å². The number of hydrogen-bond donors (Lipinski definition) is 1. The third-order valence-electron chi connectivity index (χ3n) is 4.83. The average Bonchev–Trinajstić information content (AvgIpc) is 3.32. The van der Waals surface area contributed by atoms with Gasteiger partial charge in [-0.15, -0.1) is 5.10 Å². The number of rotatable bonds is 4. The summed E-state index contributed by atoms with van der Waals surface area (Å²) < 4.78 is 1.50. The van der Waals surface area contributed by atoms with Gasteiger partial charge >= 0.3 is 0 Å². The molecule has 1 saturated heterocycles. The van der Waals surface area contributed by atoms with Gasteiger partial charge in [0.05, 0.1) is 0 Å². The number of amides is 1. The highest BCUT2D eigenvalue weighted by molar-refractivity contribution is 5.90. The van der Waals surface area contributed by atoms with Gasteiger partial charge in [0, 0.05) is 13.1 Å². The minimum Gasteiger partial charge on any atom is -0.336 e. The van der Waals surface area contributed by atoms with E-state index < -0.39 is 0 Å². The molecule has 2 aromatic heterocycles. The van der Waals surface area contributed by atoms with Crippen molar-refractivity contribution in [2.24, 2.45) is 5.92 Å². The topological polar surface area (TPSA) is 92.6 Å². The first-order chi connectivity index (χ1) is 12.7. The summed E-state index contributed by atoms with van der Waals surface area (Å²) in [7, 11) is 0. The maximum absolute atomic E-state index is 12.7. The number of aryl methyl sites for hydroxylation is 1. The fraction of sp³-hybridized carbons (Fsp3) is 0.389. The number of H-pyrrole nitrogens is 1. The number of aromatic nitrogens is 6. The van der Waals surface area contributed by atoms with Crippen LogP contribution in [0.15, 0.2) is 36.7 Å². The van der Waals surface area contributed by atoms with E-state index in [9.17, 15) is 4.79 Å². The number of likely N-dealkylation sites (tertiary alicyclic amines) is 1. The number of nitrogens with one attached hydrogen (secondary N) is 1. The second-order valence-corrected chi connectivity index (χ2v) is 6.63. The van der Waals surface area contributed by atoms with Crippen molar-refractivity contribution in [3.05, 3.63) is 53.9 Å². The van der Waals surface area contributed by atoms with Crippen LogP contribution < -0.4 is 0 Å². The van der Waals surface area contributed by atoms with Gasteiger partial charge in [-0.25, -0.2) is 10.1 Å². The zero-order valence-corrected chi connectivity index (χ0v) is 14.7. The third-order valence-corrected chi connectivity index (χ3v) is 4.83. The Morgan fingerprint density at radius 2 is 2.00 bits per heavy atom. The standard InChI is InChI=1S/C18H21N7O/c1-13-21-16(23-25(13)18-19-12-20-22-18)17(26)24-9-7-15(8-10-24)11-14-5-3-2-4-6-14/h2-6,12,15H,7-11H2,1H3,(H,19,20,22). The summed E-state index contributed by atoms with van der Waals surface area (Å²) >= 11 is 0. The predicted molar refractivity (Wildman–Crippen MR) is 94.8 cm³/mol. The van der Waals surface area contributed by atoms with E-state index in [1.165, 1.54) is 16.6 Å². The van der Waals surface area contributed by atoms with E-state index in [0.717, 1.165) is 32.4 Å². The molecule has 0 atom stereocenters. The molecule has 8 heteroatoms. The Hall–Kier alpha value is -3.03. The van der Waals surface area contributed by atoms with Gasteiger partial charge in [0.15, 0.2) is 0 Å². The number of piperidine rings is 1. The second kappa shape index (κ2) is 7.07. The van der Waals surface area contributed by atoms with Crippen molar-refractivity contribution in [2.75, 3.05) is 13.1 Å². The molecule has 1 N–H and O–H groups in total. The van der Waals surface area contributed by atoms with E-state index in [4.69, 9.17) is 0 Å². The lowest BCUT2D eigenvalue weighted by Crippen LogP contribution is -2.39. The fourth-order valence-electron chi connectivity index (χ4n) is 3.41. The van der Waals surface area contributed by atoms with Crippen LogP contribution in [0.25, 0.3) is 5.95 Å². The molecule has 0 aliphatic carbocycles. The molecule has 1 aliphatic rings. The molecule has 134 valence electrons. The molecule has 1 fully saturated rings. The van der Waals surface area contributed by atoms with E-state index in [1.54, 1.807) is 6.92 Å². The smallest absolute Gasteiger partial charge is 0.293 e. The summed E-state index contributed by atoms with van der Waals surface area (Å²) in [5.74, 6) is 1.76. The summed E-state index contributed by atoms with van der Waals surface area (Å²) in [6.07, 6.45) is 4.47. The fourth-order valence-corrected chi connectivity index (χ4v) is 3.41. The molecule has 4 rings (SSSR count). The number of benzene rings is 1. The molecule has 8 nitrogen and oxygen atoms in total. The molecule has 3 heterocycles. The van der Waals surface area contributed by atoms with Crippen LogP contribution in [0.2, 0.25) is 0 Å². The molecule has 0 saturated carbocycles. The Labute approximate surface area is 151 Å². The van der Waals surface area contributed by atoms with Gasteiger partial charge in [-0.1, -0.05) is 30.3 Å². The van der Waals surface area contributed by atoms with Crippen LogP contribution in [0.3, 0.4) is 0 Å². The van der Waals surface area contributed by atoms with E-state index >= 15 is 0 Å². The molecule has 3 aromatic rings. The normalized spacial score (nSPS) is 15.3. The molecule has 0 radical (unpaired) electrons. The monoisotopic (exact) mass is 351 g/mol. The van der Waals surface area contributed by atoms with Crippen molar-refractivity contribution in [3.8, 4) is 5.95 Å². The van der Waals surface area contributed by atoms with Gasteiger partial charge in [0.2, 0.25) is 11.8 Å². The van der Waals surface area contributed by atoms with E-state index in [2.05, 4.69) is 49.5 Å². The van der Waals surface area contributed by atoms with Crippen molar-refractivity contribution in [1.82, 2.24) is 34.8 Å². The second-order valence-electron chi connectivity index (χ2n) is 6.63. The number of nitrogens with zero attached hydrogens (tertiary/aromatic N) is 6. The van der Waals surface area contributed by atoms with Crippen LogP contribution in [0.1, 0.15) is 34.8 Å². The SMILES string of the molecule is Cc1nc(C(=O)N2CCC(Cc3ccccc3)CC2)nn1-c1ncn[nH]1. The van der Waals surface area contributed by atoms with Crippen molar-refractivity contribution in [2.45, 2.75) is 26.2 Å². The molecule has 1 aromatic carbocycles. The highest BCUT2D eigenvalue weighted by Gasteiger charge is 2.27. The Morgan fingerprint density at radius 3 is 2.69 bits per heavy atom. The zero-order chi connectivity index (χ0) is 17.9. The number of aromatic amines is 1. The van der Waals surface area contributed by atoms with E-state index in [0.29, 0.717) is 17.7 Å². The molecule has 0 spiro atoms. The number of carbonyl (C=O) groups excluding carboxylic acids is 1. The molecular formula is C18H21N7O. The van der Waals surface area contributed by atoms with Crippen LogP contribution in [0, 0.1) is 12.8 Å². The first-order valence-electron chi connectivity index (χ1n) is 8.83. The van der Waals surface area contributed by atoms with Crippen LogP contribution in [0.5, 0.6) is 0 Å². The van der Waals surface area contributed by atoms with Crippen LogP contribution in [0.4, 0.5) is 0 Å². The lowest BCUT2D eigenvalue weighted by molar-refractivity contribution is 0.0678. The van der Waals surface area contributed by atoms with E-state index in [1.807, 2.05) is 11.0 Å². The average molecular weight is 351 g/mol. The van der Waals surface area contributed by atoms with Gasteiger partial charge in [-0.3, -0.25) is 4.79 Å². The quantitative estimate of drug-likeness (QED) is 0.773. The van der Waals surface area contributed by atoms with Gasteiger partial charge in [0.25, 0.3) is 5.91 Å². The number of hydrogen-bond acceptors (Lipinski definition) is 5. The van der Waals surface area contributed by atoms with Crippen molar-refractivity contribution in [3.63, 3.8) is 0 Å². The lowest BCUT2D eigenvalue weighted by Gasteiger charge is -2.31. The Balaban J connectivity index is 1.39. The number of carbonyl (C=O) groups is 1. The summed E-state index contributed by atoms with van der Waals surface area (Å²) in [6.45, 7) is 3.27. The van der Waals surface area contributed by atoms with Crippen LogP contribution >= 0.6 is 0 Å². The Kier molecular flexibility index (Phi) is 4.47. The van der Waals surface area contributed by atoms with Crippen molar-refractivity contribution >= 4 is 5.91 Å². The molecule has 0 bridgehead atoms. The van der Waals surface area contributed by atoms with Gasteiger partial charge in [-0.2, -0.15) is 14.8 Å². The predicted octanol–water partition coefficient (Wildman–Crippen LogP) is 1.79. The first kappa shape index (κ1) is 16.4. The largest absolute Gasteiger partial charge is 0.336 e. The van der Waals surface area contributed by atoms with Gasteiger partial charge in [-0.05, 0) is 37.7 Å². The summed E-state index contributed by atoms with van der Waals surface area (Å²) in [4.78, 5) is 22.9.